The number of non-ortho nitro benzene ring substituents is 1. The molecule has 0 aliphatic carbocycles. The summed E-state index contributed by atoms with van der Waals surface area (Å²) in [6.45, 7) is 1.09. The number of nitrogens with one attached hydrogen (secondary N) is 1. The SMILES string of the molecule is O=C(Nc1ccc([N+](=O)[O-])cc1)N1CCCCO1. The lowest BCUT2D eigenvalue weighted by atomic mass is 10.3. The zero-order chi connectivity index (χ0) is 13.0. The maximum atomic E-state index is 11.7. The quantitative estimate of drug-likeness (QED) is 0.644. The smallest absolute Gasteiger partial charge is 0.306 e. The zero-order valence-electron chi connectivity index (χ0n) is 9.67. The molecule has 2 amide bonds. The maximum Gasteiger partial charge on any atom is 0.345 e. The van der Waals surface area contributed by atoms with Crippen LogP contribution in [0, 0.1) is 10.1 Å². The standard InChI is InChI=1S/C11H13N3O4/c15-11(13-7-1-2-8-18-13)12-9-3-5-10(6-4-9)14(16)17/h3-6H,1-2,7-8H2,(H,12,15). The first-order chi connectivity index (χ1) is 8.66. The van der Waals surface area contributed by atoms with Crippen molar-refractivity contribution in [2.24, 2.45) is 0 Å². The molecule has 0 bridgehead atoms. The number of urea groups is 1. The summed E-state index contributed by atoms with van der Waals surface area (Å²) >= 11 is 0. The predicted octanol–water partition coefficient (Wildman–Crippen LogP) is 2.15. The van der Waals surface area contributed by atoms with Gasteiger partial charge in [-0.15, -0.1) is 0 Å². The average Bonchev–Trinajstić information content (AvgIpc) is 2.40. The van der Waals surface area contributed by atoms with Gasteiger partial charge in [-0.25, -0.2) is 9.86 Å². The Morgan fingerprint density at radius 1 is 1.33 bits per heavy atom. The van der Waals surface area contributed by atoms with E-state index in [-0.39, 0.29) is 11.7 Å². The molecule has 1 aromatic rings. The summed E-state index contributed by atoms with van der Waals surface area (Å²) in [7, 11) is 0. The van der Waals surface area contributed by atoms with Gasteiger partial charge in [0, 0.05) is 17.8 Å². The third-order valence-electron chi connectivity index (χ3n) is 2.56. The van der Waals surface area contributed by atoms with Crippen molar-refractivity contribution in [1.29, 1.82) is 0 Å². The Bertz CT molecular complexity index is 440. The van der Waals surface area contributed by atoms with Crippen LogP contribution in [0.2, 0.25) is 0 Å². The molecular formula is C11H13N3O4. The summed E-state index contributed by atoms with van der Waals surface area (Å²) in [5.41, 5.74) is 0.488. The predicted molar refractivity (Wildman–Crippen MR) is 64.0 cm³/mol. The van der Waals surface area contributed by atoms with Gasteiger partial charge in [-0.2, -0.15) is 0 Å². The molecule has 0 radical (unpaired) electrons. The van der Waals surface area contributed by atoms with E-state index in [9.17, 15) is 14.9 Å². The van der Waals surface area contributed by atoms with Crippen LogP contribution in [0.15, 0.2) is 24.3 Å². The summed E-state index contributed by atoms with van der Waals surface area (Å²) in [6.07, 6.45) is 1.86. The fourth-order valence-corrected chi connectivity index (χ4v) is 1.61. The van der Waals surface area contributed by atoms with E-state index in [1.807, 2.05) is 0 Å². The number of rotatable bonds is 2. The molecule has 96 valence electrons. The lowest BCUT2D eigenvalue weighted by Gasteiger charge is -2.25. The van der Waals surface area contributed by atoms with Crippen LogP contribution < -0.4 is 5.32 Å². The molecule has 7 nitrogen and oxygen atoms in total. The molecule has 1 heterocycles. The lowest BCUT2D eigenvalue weighted by molar-refractivity contribution is -0.384. The van der Waals surface area contributed by atoms with Gasteiger partial charge in [0.05, 0.1) is 18.1 Å². The van der Waals surface area contributed by atoms with Gasteiger partial charge in [-0.3, -0.25) is 15.0 Å². The minimum Gasteiger partial charge on any atom is -0.306 e. The number of nitro groups is 1. The van der Waals surface area contributed by atoms with E-state index in [1.165, 1.54) is 29.3 Å². The molecular weight excluding hydrogens is 238 g/mol. The highest BCUT2D eigenvalue weighted by atomic mass is 16.7. The summed E-state index contributed by atoms with van der Waals surface area (Å²) in [5, 5.41) is 14.4. The number of anilines is 1. The van der Waals surface area contributed by atoms with Gasteiger partial charge in [-0.1, -0.05) is 0 Å². The normalized spacial score (nSPS) is 15.2. The maximum absolute atomic E-state index is 11.7. The number of benzene rings is 1. The number of amides is 2. The van der Waals surface area contributed by atoms with Gasteiger partial charge in [0.1, 0.15) is 0 Å². The number of hydrogen-bond donors (Lipinski definition) is 1. The second-order valence-electron chi connectivity index (χ2n) is 3.88. The highest BCUT2D eigenvalue weighted by Gasteiger charge is 2.17. The van der Waals surface area contributed by atoms with E-state index in [1.54, 1.807) is 0 Å². The molecule has 0 atom stereocenters. The summed E-state index contributed by atoms with van der Waals surface area (Å²) < 4.78 is 0. The van der Waals surface area contributed by atoms with Crippen molar-refractivity contribution >= 4 is 17.4 Å². The van der Waals surface area contributed by atoms with E-state index < -0.39 is 4.92 Å². The lowest BCUT2D eigenvalue weighted by Crippen LogP contribution is -2.38. The van der Waals surface area contributed by atoms with Gasteiger partial charge in [0.2, 0.25) is 0 Å². The van der Waals surface area contributed by atoms with Gasteiger partial charge < -0.3 is 5.32 Å². The van der Waals surface area contributed by atoms with E-state index in [0.29, 0.717) is 18.8 Å². The molecule has 1 fully saturated rings. The largest absolute Gasteiger partial charge is 0.345 e. The fraction of sp³-hybridized carbons (Fsp3) is 0.364. The molecule has 1 aliphatic rings. The van der Waals surface area contributed by atoms with Crippen molar-refractivity contribution in [3.05, 3.63) is 34.4 Å². The number of carbonyl (C=O) groups is 1. The first-order valence-corrected chi connectivity index (χ1v) is 5.63. The number of carbonyl (C=O) groups excluding carboxylic acids is 1. The summed E-state index contributed by atoms with van der Waals surface area (Å²) in [4.78, 5) is 26.9. The molecule has 0 unspecified atom stereocenters. The topological polar surface area (TPSA) is 84.7 Å². The van der Waals surface area contributed by atoms with E-state index in [2.05, 4.69) is 5.32 Å². The van der Waals surface area contributed by atoms with Crippen LogP contribution in [-0.4, -0.2) is 29.2 Å². The van der Waals surface area contributed by atoms with Crippen LogP contribution in [0.5, 0.6) is 0 Å². The molecule has 1 N–H and O–H groups in total. The molecule has 0 spiro atoms. The Morgan fingerprint density at radius 2 is 2.06 bits per heavy atom. The fourth-order valence-electron chi connectivity index (χ4n) is 1.61. The third-order valence-corrected chi connectivity index (χ3v) is 2.56. The van der Waals surface area contributed by atoms with Crippen molar-refractivity contribution in [2.75, 3.05) is 18.5 Å². The van der Waals surface area contributed by atoms with Crippen molar-refractivity contribution in [3.63, 3.8) is 0 Å². The third kappa shape index (κ3) is 2.95. The van der Waals surface area contributed by atoms with Crippen LogP contribution in [0.1, 0.15) is 12.8 Å². The van der Waals surface area contributed by atoms with Gasteiger partial charge >= 0.3 is 6.03 Å². The van der Waals surface area contributed by atoms with Crippen molar-refractivity contribution in [1.82, 2.24) is 5.06 Å². The Morgan fingerprint density at radius 3 is 2.61 bits per heavy atom. The van der Waals surface area contributed by atoms with Crippen molar-refractivity contribution < 1.29 is 14.6 Å². The number of hydrogen-bond acceptors (Lipinski definition) is 4. The number of hydroxylamine groups is 2. The van der Waals surface area contributed by atoms with Gasteiger partial charge in [0.25, 0.3) is 5.69 Å². The van der Waals surface area contributed by atoms with Crippen LogP contribution in [0.25, 0.3) is 0 Å². The molecule has 0 saturated carbocycles. The highest BCUT2D eigenvalue weighted by molar-refractivity contribution is 5.88. The van der Waals surface area contributed by atoms with E-state index in [0.717, 1.165) is 12.8 Å². The Balaban J connectivity index is 1.96. The Labute approximate surface area is 103 Å². The van der Waals surface area contributed by atoms with Crippen LogP contribution in [-0.2, 0) is 4.84 Å². The molecule has 2 rings (SSSR count). The van der Waals surface area contributed by atoms with Gasteiger partial charge in [0.15, 0.2) is 0 Å². The zero-order valence-corrected chi connectivity index (χ0v) is 9.67. The van der Waals surface area contributed by atoms with Crippen molar-refractivity contribution in [2.45, 2.75) is 12.8 Å². The Kier molecular flexibility index (Phi) is 3.73. The van der Waals surface area contributed by atoms with Crippen molar-refractivity contribution in [3.8, 4) is 0 Å². The first-order valence-electron chi connectivity index (χ1n) is 5.63. The monoisotopic (exact) mass is 251 g/mol. The number of nitro benzene ring substituents is 1. The molecule has 0 aromatic heterocycles. The molecule has 1 saturated heterocycles. The molecule has 7 heteroatoms. The highest BCUT2D eigenvalue weighted by Crippen LogP contribution is 2.16. The second-order valence-corrected chi connectivity index (χ2v) is 3.88. The second kappa shape index (κ2) is 5.46. The molecule has 1 aliphatic heterocycles. The van der Waals surface area contributed by atoms with Crippen LogP contribution in [0.4, 0.5) is 16.2 Å². The van der Waals surface area contributed by atoms with Crippen LogP contribution in [0.3, 0.4) is 0 Å². The van der Waals surface area contributed by atoms with E-state index in [4.69, 9.17) is 4.84 Å². The average molecular weight is 251 g/mol. The van der Waals surface area contributed by atoms with E-state index >= 15 is 0 Å². The minimum atomic E-state index is -0.487. The first kappa shape index (κ1) is 12.3. The number of nitrogens with zero attached hydrogens (tertiary/aromatic N) is 2. The minimum absolute atomic E-state index is 0.0118. The van der Waals surface area contributed by atoms with Gasteiger partial charge in [-0.05, 0) is 25.0 Å². The summed E-state index contributed by atoms with van der Waals surface area (Å²) in [5.74, 6) is 0. The Hall–Kier alpha value is -2.15. The molecule has 18 heavy (non-hydrogen) atoms. The van der Waals surface area contributed by atoms with Crippen LogP contribution >= 0.6 is 0 Å². The summed E-state index contributed by atoms with van der Waals surface area (Å²) in [6, 6.07) is 5.29. The molecule has 1 aromatic carbocycles.